The third-order valence-electron chi connectivity index (χ3n) is 3.72. The fourth-order valence-electron chi connectivity index (χ4n) is 2.28. The molecule has 114 valence electrons. The molecule has 1 aromatic carbocycles. The normalized spacial score (nSPS) is 15.4. The average molecular weight is 289 g/mol. The highest BCUT2D eigenvalue weighted by Crippen LogP contribution is 2.15. The van der Waals surface area contributed by atoms with Crippen LogP contribution in [0, 0.1) is 0 Å². The van der Waals surface area contributed by atoms with Crippen LogP contribution in [0.15, 0.2) is 24.3 Å². The van der Waals surface area contributed by atoms with Crippen LogP contribution < -0.4 is 11.1 Å². The van der Waals surface area contributed by atoms with Gasteiger partial charge in [0, 0.05) is 37.2 Å². The van der Waals surface area contributed by atoms with Gasteiger partial charge >= 0.3 is 0 Å². The molecule has 3 N–H and O–H groups in total. The number of rotatable bonds is 5. The Kier molecular flexibility index (Phi) is 4.63. The highest BCUT2D eigenvalue weighted by Gasteiger charge is 2.21. The summed E-state index contributed by atoms with van der Waals surface area (Å²) in [5.41, 5.74) is 6.84. The smallest absolute Gasteiger partial charge is 0.251 e. The van der Waals surface area contributed by atoms with E-state index < -0.39 is 5.54 Å². The molecule has 0 bridgehead atoms. The summed E-state index contributed by atoms with van der Waals surface area (Å²) < 4.78 is 0. The van der Waals surface area contributed by atoms with Crippen molar-refractivity contribution >= 4 is 11.8 Å². The molecule has 1 fully saturated rings. The van der Waals surface area contributed by atoms with Crippen molar-refractivity contribution in [1.82, 2.24) is 10.2 Å². The Labute approximate surface area is 125 Å². The molecule has 0 atom stereocenters. The summed E-state index contributed by atoms with van der Waals surface area (Å²) in [7, 11) is 0. The minimum atomic E-state index is -0.419. The molecule has 0 radical (unpaired) electrons. The highest BCUT2D eigenvalue weighted by molar-refractivity contribution is 5.94. The molecule has 0 spiro atoms. The molecule has 1 aromatic rings. The highest BCUT2D eigenvalue weighted by atomic mass is 16.2. The molecule has 21 heavy (non-hydrogen) atoms. The predicted octanol–water partition coefficient (Wildman–Crippen LogP) is 1.28. The topological polar surface area (TPSA) is 75.4 Å². The van der Waals surface area contributed by atoms with Crippen LogP contribution in [0.1, 0.15) is 42.6 Å². The third-order valence-corrected chi connectivity index (χ3v) is 3.72. The first-order valence-electron chi connectivity index (χ1n) is 7.30. The van der Waals surface area contributed by atoms with Crippen LogP contribution in [0.4, 0.5) is 0 Å². The lowest BCUT2D eigenvalue weighted by atomic mass is 10.0. The standard InChI is InChI=1S/C16H23N3O2/c1-16(2,11-17)18-15(21)13-7-5-12(6-8-13)10-19-9-3-4-14(19)20/h5-8H,3-4,9-11,17H2,1-2H3,(H,18,21). The molecule has 5 heteroatoms. The van der Waals surface area contributed by atoms with E-state index in [2.05, 4.69) is 5.32 Å². The zero-order valence-electron chi connectivity index (χ0n) is 12.7. The number of carbonyl (C=O) groups excluding carboxylic acids is 2. The number of hydrogen-bond acceptors (Lipinski definition) is 3. The van der Waals surface area contributed by atoms with Crippen LogP contribution >= 0.6 is 0 Å². The van der Waals surface area contributed by atoms with Gasteiger partial charge in [-0.2, -0.15) is 0 Å². The lowest BCUT2D eigenvalue weighted by Gasteiger charge is -2.24. The number of likely N-dealkylation sites (tertiary alicyclic amines) is 1. The predicted molar refractivity (Wildman–Crippen MR) is 81.7 cm³/mol. The third kappa shape index (κ3) is 4.04. The van der Waals surface area contributed by atoms with E-state index in [1.165, 1.54) is 0 Å². The van der Waals surface area contributed by atoms with E-state index in [4.69, 9.17) is 5.73 Å². The summed E-state index contributed by atoms with van der Waals surface area (Å²) >= 11 is 0. The summed E-state index contributed by atoms with van der Waals surface area (Å²) in [5, 5.41) is 2.89. The molecule has 1 heterocycles. The van der Waals surface area contributed by atoms with E-state index in [9.17, 15) is 9.59 Å². The summed E-state index contributed by atoms with van der Waals surface area (Å²) in [4.78, 5) is 25.5. The van der Waals surface area contributed by atoms with Crippen LogP contribution in [0.2, 0.25) is 0 Å². The summed E-state index contributed by atoms with van der Waals surface area (Å²) in [6.45, 7) is 5.60. The molecule has 0 aliphatic carbocycles. The van der Waals surface area contributed by atoms with Crippen LogP contribution in [-0.2, 0) is 11.3 Å². The van der Waals surface area contributed by atoms with Gasteiger partial charge in [-0.3, -0.25) is 9.59 Å². The van der Waals surface area contributed by atoms with Gasteiger partial charge in [-0.05, 0) is 38.0 Å². The van der Waals surface area contributed by atoms with Gasteiger partial charge in [-0.15, -0.1) is 0 Å². The van der Waals surface area contributed by atoms with Crippen molar-refractivity contribution in [3.63, 3.8) is 0 Å². The van der Waals surface area contributed by atoms with Crippen LogP contribution in [0.25, 0.3) is 0 Å². The molecule has 1 saturated heterocycles. The minimum Gasteiger partial charge on any atom is -0.346 e. The van der Waals surface area contributed by atoms with Crippen molar-refractivity contribution in [3.05, 3.63) is 35.4 Å². The van der Waals surface area contributed by atoms with Gasteiger partial charge in [0.25, 0.3) is 5.91 Å². The van der Waals surface area contributed by atoms with Crippen LogP contribution in [0.5, 0.6) is 0 Å². The number of hydrogen-bond donors (Lipinski definition) is 2. The van der Waals surface area contributed by atoms with Crippen molar-refractivity contribution in [2.45, 2.75) is 38.8 Å². The fourth-order valence-corrected chi connectivity index (χ4v) is 2.28. The first-order valence-corrected chi connectivity index (χ1v) is 7.30. The molecule has 1 aliphatic heterocycles. The molecule has 0 saturated carbocycles. The van der Waals surface area contributed by atoms with Gasteiger partial charge in [-0.1, -0.05) is 12.1 Å². The molecular formula is C16H23N3O2. The van der Waals surface area contributed by atoms with E-state index in [1.54, 1.807) is 12.1 Å². The number of carbonyl (C=O) groups is 2. The van der Waals surface area contributed by atoms with Gasteiger partial charge < -0.3 is 16.0 Å². The van der Waals surface area contributed by atoms with E-state index in [0.29, 0.717) is 25.1 Å². The van der Waals surface area contributed by atoms with E-state index in [1.807, 2.05) is 30.9 Å². The zero-order valence-corrected chi connectivity index (χ0v) is 12.7. The average Bonchev–Trinajstić information content (AvgIpc) is 2.84. The Morgan fingerprint density at radius 2 is 2.00 bits per heavy atom. The number of nitrogens with one attached hydrogen (secondary N) is 1. The second-order valence-electron chi connectivity index (χ2n) is 6.16. The monoisotopic (exact) mass is 289 g/mol. The lowest BCUT2D eigenvalue weighted by molar-refractivity contribution is -0.128. The zero-order chi connectivity index (χ0) is 15.5. The van der Waals surface area contributed by atoms with Gasteiger partial charge in [-0.25, -0.2) is 0 Å². The van der Waals surface area contributed by atoms with Crippen molar-refractivity contribution < 1.29 is 9.59 Å². The minimum absolute atomic E-state index is 0.130. The van der Waals surface area contributed by atoms with E-state index >= 15 is 0 Å². The molecule has 2 rings (SSSR count). The Hall–Kier alpha value is -1.88. The second-order valence-corrected chi connectivity index (χ2v) is 6.16. The van der Waals surface area contributed by atoms with Crippen LogP contribution in [-0.4, -0.2) is 35.3 Å². The van der Waals surface area contributed by atoms with Gasteiger partial charge in [0.05, 0.1) is 0 Å². The number of nitrogens with two attached hydrogens (primary N) is 1. The molecule has 0 aromatic heterocycles. The first-order chi connectivity index (χ1) is 9.91. The van der Waals surface area contributed by atoms with Crippen molar-refractivity contribution in [3.8, 4) is 0 Å². The second kappa shape index (κ2) is 6.26. The quantitative estimate of drug-likeness (QED) is 0.857. The fraction of sp³-hybridized carbons (Fsp3) is 0.500. The Morgan fingerprint density at radius 1 is 1.33 bits per heavy atom. The lowest BCUT2D eigenvalue weighted by Crippen LogP contribution is -2.48. The van der Waals surface area contributed by atoms with Crippen molar-refractivity contribution in [2.75, 3.05) is 13.1 Å². The van der Waals surface area contributed by atoms with Gasteiger partial charge in [0.15, 0.2) is 0 Å². The van der Waals surface area contributed by atoms with E-state index in [-0.39, 0.29) is 11.8 Å². The SMILES string of the molecule is CC(C)(CN)NC(=O)c1ccc(CN2CCCC2=O)cc1. The molecule has 1 aliphatic rings. The maximum Gasteiger partial charge on any atom is 0.251 e. The molecular weight excluding hydrogens is 266 g/mol. The summed E-state index contributed by atoms with van der Waals surface area (Å²) in [6, 6.07) is 7.38. The first kappa shape index (κ1) is 15.5. The molecule has 0 unspecified atom stereocenters. The summed E-state index contributed by atoms with van der Waals surface area (Å²) in [5.74, 6) is 0.0794. The van der Waals surface area contributed by atoms with Crippen molar-refractivity contribution in [1.29, 1.82) is 0 Å². The molecule has 5 nitrogen and oxygen atoms in total. The molecule has 2 amide bonds. The van der Waals surface area contributed by atoms with Crippen molar-refractivity contribution in [2.24, 2.45) is 5.73 Å². The maximum absolute atomic E-state index is 12.1. The Balaban J connectivity index is 1.98. The van der Waals surface area contributed by atoms with E-state index in [0.717, 1.165) is 18.5 Å². The number of amides is 2. The summed E-state index contributed by atoms with van der Waals surface area (Å²) in [6.07, 6.45) is 1.59. The maximum atomic E-state index is 12.1. The Morgan fingerprint density at radius 3 is 2.52 bits per heavy atom. The largest absolute Gasteiger partial charge is 0.346 e. The van der Waals surface area contributed by atoms with Gasteiger partial charge in [0.1, 0.15) is 0 Å². The number of benzene rings is 1. The Bertz CT molecular complexity index is 523. The van der Waals surface area contributed by atoms with Crippen LogP contribution in [0.3, 0.4) is 0 Å². The van der Waals surface area contributed by atoms with Gasteiger partial charge in [0.2, 0.25) is 5.91 Å². The number of nitrogens with zero attached hydrogens (tertiary/aromatic N) is 1.